The zero-order valence-electron chi connectivity index (χ0n) is 9.75. The second-order valence-corrected chi connectivity index (χ2v) is 4.64. The van der Waals surface area contributed by atoms with E-state index in [1.807, 2.05) is 32.0 Å². The summed E-state index contributed by atoms with van der Waals surface area (Å²) in [5.74, 6) is 1.19. The topological polar surface area (TPSA) is 47.6 Å². The van der Waals surface area contributed by atoms with Crippen LogP contribution in [0.3, 0.4) is 0 Å². The molecule has 0 spiro atoms. The first-order valence-electron chi connectivity index (χ1n) is 5.30. The fraction of sp³-hybridized carbons (Fsp3) is 0.417. The molecule has 1 amide bonds. The molecule has 1 heterocycles. The number of halogens is 1. The van der Waals surface area contributed by atoms with E-state index >= 15 is 0 Å². The lowest BCUT2D eigenvalue weighted by atomic mass is 9.94. The zero-order valence-corrected chi connectivity index (χ0v) is 10.5. The summed E-state index contributed by atoms with van der Waals surface area (Å²) in [4.78, 5) is 11.3. The van der Waals surface area contributed by atoms with Crippen LogP contribution in [0, 0.1) is 0 Å². The number of rotatable bonds is 3. The number of benzene rings is 1. The highest BCUT2D eigenvalue weighted by Gasteiger charge is 2.25. The van der Waals surface area contributed by atoms with E-state index in [1.165, 1.54) is 0 Å². The first-order chi connectivity index (χ1) is 8.03. The molecule has 4 nitrogen and oxygen atoms in total. The number of alkyl halides is 1. The predicted molar refractivity (Wildman–Crippen MR) is 64.5 cm³/mol. The van der Waals surface area contributed by atoms with Crippen molar-refractivity contribution in [2.24, 2.45) is 0 Å². The van der Waals surface area contributed by atoms with Crippen LogP contribution >= 0.6 is 11.6 Å². The molecule has 0 saturated carbocycles. The average molecular weight is 256 g/mol. The Hall–Kier alpha value is -1.42. The number of fused-ring (bicyclic) bond motifs is 1. The molecule has 0 saturated heterocycles. The highest BCUT2D eigenvalue weighted by Crippen LogP contribution is 2.35. The molecular weight excluding hydrogens is 242 g/mol. The van der Waals surface area contributed by atoms with E-state index in [2.05, 4.69) is 5.32 Å². The molecule has 0 aromatic heterocycles. The Bertz CT molecular complexity index is 445. The molecule has 0 radical (unpaired) electrons. The third-order valence-electron chi connectivity index (χ3n) is 2.67. The van der Waals surface area contributed by atoms with Crippen LogP contribution in [0.4, 0.5) is 0 Å². The Labute approximate surface area is 105 Å². The highest BCUT2D eigenvalue weighted by molar-refractivity contribution is 6.27. The van der Waals surface area contributed by atoms with Crippen molar-refractivity contribution < 1.29 is 14.3 Å². The van der Waals surface area contributed by atoms with Crippen molar-refractivity contribution in [1.82, 2.24) is 5.32 Å². The lowest BCUT2D eigenvalue weighted by molar-refractivity contribution is -0.120. The Morgan fingerprint density at radius 1 is 1.41 bits per heavy atom. The second-order valence-electron chi connectivity index (χ2n) is 4.37. The summed E-state index contributed by atoms with van der Waals surface area (Å²) in [6.07, 6.45) is 0. The van der Waals surface area contributed by atoms with Crippen molar-refractivity contribution in [2.45, 2.75) is 19.4 Å². The van der Waals surface area contributed by atoms with Gasteiger partial charge in [0.25, 0.3) is 0 Å². The summed E-state index contributed by atoms with van der Waals surface area (Å²) in [5, 5.41) is 2.85. The summed E-state index contributed by atoms with van der Waals surface area (Å²) >= 11 is 5.48. The fourth-order valence-electron chi connectivity index (χ4n) is 1.74. The first-order valence-corrected chi connectivity index (χ1v) is 5.83. The fourth-order valence-corrected chi connectivity index (χ4v) is 1.81. The predicted octanol–water partition coefficient (Wildman–Crippen LogP) is 2.01. The maximum atomic E-state index is 11.3. The van der Waals surface area contributed by atoms with Crippen LogP contribution in [0.15, 0.2) is 18.2 Å². The monoisotopic (exact) mass is 255 g/mol. The van der Waals surface area contributed by atoms with Gasteiger partial charge in [-0.2, -0.15) is 0 Å². The van der Waals surface area contributed by atoms with Gasteiger partial charge in [0.1, 0.15) is 5.88 Å². The lowest BCUT2D eigenvalue weighted by Gasteiger charge is -2.26. The molecule has 2 rings (SSSR count). The number of carbonyl (C=O) groups is 1. The van der Waals surface area contributed by atoms with Crippen LogP contribution in [0.2, 0.25) is 0 Å². The molecule has 5 heteroatoms. The molecule has 1 aliphatic heterocycles. The number of nitrogens with one attached hydrogen (secondary N) is 1. The van der Waals surface area contributed by atoms with Crippen molar-refractivity contribution >= 4 is 17.5 Å². The highest BCUT2D eigenvalue weighted by atomic mass is 35.5. The van der Waals surface area contributed by atoms with Crippen molar-refractivity contribution in [3.63, 3.8) is 0 Å². The van der Waals surface area contributed by atoms with Gasteiger partial charge in [0.2, 0.25) is 12.7 Å². The Morgan fingerprint density at radius 3 is 2.82 bits per heavy atom. The normalized spacial score (nSPS) is 13.6. The van der Waals surface area contributed by atoms with Gasteiger partial charge in [-0.1, -0.05) is 6.07 Å². The molecule has 0 fully saturated rings. The maximum absolute atomic E-state index is 11.3. The summed E-state index contributed by atoms with van der Waals surface area (Å²) in [6.45, 7) is 4.07. The van der Waals surface area contributed by atoms with Gasteiger partial charge in [0.05, 0.1) is 5.54 Å². The molecule has 1 aromatic rings. The third-order valence-corrected chi connectivity index (χ3v) is 2.91. The number of hydrogen-bond donors (Lipinski definition) is 1. The van der Waals surface area contributed by atoms with E-state index in [0.29, 0.717) is 5.75 Å². The van der Waals surface area contributed by atoms with E-state index < -0.39 is 5.54 Å². The first kappa shape index (κ1) is 12.0. The number of carbonyl (C=O) groups excluding carboxylic acids is 1. The van der Waals surface area contributed by atoms with Crippen LogP contribution in [0.1, 0.15) is 19.4 Å². The second kappa shape index (κ2) is 4.45. The molecule has 0 aliphatic carbocycles. The largest absolute Gasteiger partial charge is 0.454 e. The SMILES string of the molecule is CC(C)(NC(=O)CCl)c1ccc2c(c1)OCO2. The van der Waals surface area contributed by atoms with Crippen molar-refractivity contribution in [3.05, 3.63) is 23.8 Å². The van der Waals surface area contributed by atoms with Crippen LogP contribution in [-0.4, -0.2) is 18.6 Å². The van der Waals surface area contributed by atoms with Gasteiger partial charge < -0.3 is 14.8 Å². The van der Waals surface area contributed by atoms with Gasteiger partial charge in [-0.15, -0.1) is 11.6 Å². The number of hydrogen-bond acceptors (Lipinski definition) is 3. The smallest absolute Gasteiger partial charge is 0.235 e. The van der Waals surface area contributed by atoms with Crippen molar-refractivity contribution in [3.8, 4) is 11.5 Å². The van der Waals surface area contributed by atoms with Gasteiger partial charge in [0.15, 0.2) is 11.5 Å². The van der Waals surface area contributed by atoms with Gasteiger partial charge >= 0.3 is 0 Å². The quantitative estimate of drug-likeness (QED) is 0.841. The molecule has 92 valence electrons. The molecule has 0 bridgehead atoms. The van der Waals surface area contributed by atoms with Crippen molar-refractivity contribution in [2.75, 3.05) is 12.7 Å². The van der Waals surface area contributed by atoms with Crippen LogP contribution in [0.5, 0.6) is 11.5 Å². The van der Waals surface area contributed by atoms with E-state index in [4.69, 9.17) is 21.1 Å². The van der Waals surface area contributed by atoms with Crippen LogP contribution in [0.25, 0.3) is 0 Å². The van der Waals surface area contributed by atoms with E-state index in [1.54, 1.807) is 0 Å². The number of ether oxygens (including phenoxy) is 2. The van der Waals surface area contributed by atoms with Gasteiger partial charge in [-0.3, -0.25) is 4.79 Å². The summed E-state index contributed by atoms with van der Waals surface area (Å²) in [6, 6.07) is 5.62. The third kappa shape index (κ3) is 2.47. The molecule has 17 heavy (non-hydrogen) atoms. The molecule has 1 N–H and O–H groups in total. The summed E-state index contributed by atoms with van der Waals surface area (Å²) in [5.41, 5.74) is 0.452. The van der Waals surface area contributed by atoms with Crippen molar-refractivity contribution in [1.29, 1.82) is 0 Å². The number of amides is 1. The van der Waals surface area contributed by atoms with Crippen LogP contribution < -0.4 is 14.8 Å². The molecule has 1 aliphatic rings. The Kier molecular flexibility index (Phi) is 3.15. The lowest BCUT2D eigenvalue weighted by Crippen LogP contribution is -2.41. The molecular formula is C12H14ClNO3. The summed E-state index contributed by atoms with van der Waals surface area (Å²) < 4.78 is 10.5. The Balaban J connectivity index is 2.24. The van der Waals surface area contributed by atoms with E-state index in [0.717, 1.165) is 11.3 Å². The molecule has 0 atom stereocenters. The standard InChI is InChI=1S/C12H14ClNO3/c1-12(2,14-11(15)6-13)8-3-4-9-10(5-8)17-7-16-9/h3-5H,6-7H2,1-2H3,(H,14,15). The van der Waals surface area contributed by atoms with E-state index in [-0.39, 0.29) is 18.6 Å². The van der Waals surface area contributed by atoms with Gasteiger partial charge in [-0.25, -0.2) is 0 Å². The maximum Gasteiger partial charge on any atom is 0.235 e. The molecule has 0 unspecified atom stereocenters. The minimum atomic E-state index is -0.493. The zero-order chi connectivity index (χ0) is 12.5. The summed E-state index contributed by atoms with van der Waals surface area (Å²) in [7, 11) is 0. The minimum absolute atomic E-state index is 0.0476. The van der Waals surface area contributed by atoms with Gasteiger partial charge in [-0.05, 0) is 31.5 Å². The van der Waals surface area contributed by atoms with E-state index in [9.17, 15) is 4.79 Å². The van der Waals surface area contributed by atoms with Crippen LogP contribution in [-0.2, 0) is 10.3 Å². The molecule has 1 aromatic carbocycles. The average Bonchev–Trinajstić information content (AvgIpc) is 2.75. The Morgan fingerprint density at radius 2 is 2.12 bits per heavy atom. The van der Waals surface area contributed by atoms with Gasteiger partial charge in [0, 0.05) is 0 Å². The minimum Gasteiger partial charge on any atom is -0.454 e.